The van der Waals surface area contributed by atoms with Crippen molar-refractivity contribution in [3.05, 3.63) is 30.0 Å². The number of aromatic nitrogens is 2. The van der Waals surface area contributed by atoms with E-state index in [0.717, 1.165) is 25.6 Å². The first-order valence-electron chi connectivity index (χ1n) is 7.77. The van der Waals surface area contributed by atoms with Crippen LogP contribution in [0.5, 0.6) is 0 Å². The van der Waals surface area contributed by atoms with Crippen molar-refractivity contribution in [1.29, 1.82) is 0 Å². The maximum atomic E-state index is 4.82. The summed E-state index contributed by atoms with van der Waals surface area (Å²) >= 11 is 0. The standard InChI is InChI=1S/C17H25N3/c1-4-20-16-8-6-5-7-14(16)15(19-20)11-17(2,3)12-18-13-9-10-13/h5-8,13,18H,4,9-12H2,1-3H3. The molecule has 0 bridgehead atoms. The molecule has 1 aromatic carbocycles. The molecule has 0 saturated heterocycles. The van der Waals surface area contributed by atoms with E-state index in [4.69, 9.17) is 5.10 Å². The van der Waals surface area contributed by atoms with E-state index in [1.807, 2.05) is 0 Å². The van der Waals surface area contributed by atoms with Gasteiger partial charge in [-0.25, -0.2) is 0 Å². The highest BCUT2D eigenvalue weighted by atomic mass is 15.3. The van der Waals surface area contributed by atoms with Crippen molar-refractivity contribution in [2.24, 2.45) is 5.41 Å². The second-order valence-corrected chi connectivity index (χ2v) is 6.78. The maximum absolute atomic E-state index is 4.82. The zero-order valence-corrected chi connectivity index (χ0v) is 12.8. The Kier molecular flexibility index (Phi) is 3.55. The van der Waals surface area contributed by atoms with E-state index in [1.165, 1.54) is 29.4 Å². The average molecular weight is 271 g/mol. The lowest BCUT2D eigenvalue weighted by molar-refractivity contribution is 0.333. The molecule has 1 heterocycles. The van der Waals surface area contributed by atoms with Gasteiger partial charge in [-0.3, -0.25) is 4.68 Å². The van der Waals surface area contributed by atoms with Gasteiger partial charge in [0, 0.05) is 24.5 Å². The fraction of sp³-hybridized carbons (Fsp3) is 0.588. The monoisotopic (exact) mass is 271 g/mol. The van der Waals surface area contributed by atoms with E-state index in [9.17, 15) is 0 Å². The highest BCUT2D eigenvalue weighted by molar-refractivity contribution is 5.82. The quantitative estimate of drug-likeness (QED) is 0.873. The number of hydrogen-bond donors (Lipinski definition) is 1. The summed E-state index contributed by atoms with van der Waals surface area (Å²) in [5, 5.41) is 9.79. The summed E-state index contributed by atoms with van der Waals surface area (Å²) in [6.07, 6.45) is 3.73. The smallest absolute Gasteiger partial charge is 0.0709 e. The van der Waals surface area contributed by atoms with Crippen LogP contribution in [0.1, 0.15) is 39.3 Å². The molecule has 1 aliphatic carbocycles. The largest absolute Gasteiger partial charge is 0.313 e. The zero-order chi connectivity index (χ0) is 14.2. The van der Waals surface area contributed by atoms with E-state index < -0.39 is 0 Å². The predicted octanol–water partition coefficient (Wildman–Crippen LogP) is 3.38. The van der Waals surface area contributed by atoms with Gasteiger partial charge in [-0.15, -0.1) is 0 Å². The second kappa shape index (κ2) is 5.21. The van der Waals surface area contributed by atoms with Gasteiger partial charge < -0.3 is 5.32 Å². The molecule has 20 heavy (non-hydrogen) atoms. The van der Waals surface area contributed by atoms with Crippen molar-refractivity contribution >= 4 is 10.9 Å². The van der Waals surface area contributed by atoms with Crippen molar-refractivity contribution in [2.45, 2.75) is 52.6 Å². The Labute approximate surface area is 121 Å². The van der Waals surface area contributed by atoms with Crippen molar-refractivity contribution < 1.29 is 0 Å². The Morgan fingerprint density at radius 2 is 2.05 bits per heavy atom. The van der Waals surface area contributed by atoms with Crippen LogP contribution in [0.2, 0.25) is 0 Å². The number of rotatable bonds is 6. The SMILES string of the molecule is CCn1nc(CC(C)(C)CNC2CC2)c2ccccc21. The molecule has 0 aliphatic heterocycles. The topological polar surface area (TPSA) is 29.9 Å². The van der Waals surface area contributed by atoms with Crippen molar-refractivity contribution in [1.82, 2.24) is 15.1 Å². The van der Waals surface area contributed by atoms with E-state index in [1.54, 1.807) is 0 Å². The minimum absolute atomic E-state index is 0.248. The molecule has 0 unspecified atom stereocenters. The molecule has 0 atom stereocenters. The van der Waals surface area contributed by atoms with Gasteiger partial charge in [0.15, 0.2) is 0 Å². The number of para-hydroxylation sites is 1. The van der Waals surface area contributed by atoms with E-state index in [-0.39, 0.29) is 5.41 Å². The molecular formula is C17H25N3. The Bertz CT molecular complexity index is 593. The zero-order valence-electron chi connectivity index (χ0n) is 12.8. The third-order valence-electron chi connectivity index (χ3n) is 4.13. The van der Waals surface area contributed by atoms with Crippen LogP contribution >= 0.6 is 0 Å². The Hall–Kier alpha value is -1.35. The van der Waals surface area contributed by atoms with E-state index in [0.29, 0.717) is 0 Å². The number of benzene rings is 1. The lowest BCUT2D eigenvalue weighted by Crippen LogP contribution is -2.32. The Balaban J connectivity index is 1.82. The molecule has 3 heteroatoms. The highest BCUT2D eigenvalue weighted by Gasteiger charge is 2.26. The summed E-state index contributed by atoms with van der Waals surface area (Å²) in [6.45, 7) is 8.83. The lowest BCUT2D eigenvalue weighted by Gasteiger charge is -2.24. The van der Waals surface area contributed by atoms with Gasteiger partial charge in [-0.05, 0) is 37.7 Å². The summed E-state index contributed by atoms with van der Waals surface area (Å²) in [4.78, 5) is 0. The van der Waals surface area contributed by atoms with Gasteiger partial charge in [0.25, 0.3) is 0 Å². The van der Waals surface area contributed by atoms with Crippen LogP contribution in [0.4, 0.5) is 0 Å². The molecule has 1 aromatic heterocycles. The van der Waals surface area contributed by atoms with Gasteiger partial charge in [-0.1, -0.05) is 32.0 Å². The number of hydrogen-bond acceptors (Lipinski definition) is 2. The van der Waals surface area contributed by atoms with Crippen molar-refractivity contribution in [3.63, 3.8) is 0 Å². The van der Waals surface area contributed by atoms with E-state index >= 15 is 0 Å². The molecule has 1 fully saturated rings. The second-order valence-electron chi connectivity index (χ2n) is 6.78. The molecule has 3 nitrogen and oxygen atoms in total. The number of nitrogens with one attached hydrogen (secondary N) is 1. The van der Waals surface area contributed by atoms with Gasteiger partial charge in [0.2, 0.25) is 0 Å². The molecule has 1 N–H and O–H groups in total. The molecule has 2 aromatic rings. The van der Waals surface area contributed by atoms with E-state index in [2.05, 4.69) is 55.0 Å². The summed E-state index contributed by atoms with van der Waals surface area (Å²) in [6, 6.07) is 9.36. The normalized spacial score (nSPS) is 15.9. The molecule has 0 spiro atoms. The number of aryl methyl sites for hydroxylation is 1. The first-order valence-corrected chi connectivity index (χ1v) is 7.77. The van der Waals surface area contributed by atoms with Gasteiger partial charge in [-0.2, -0.15) is 5.10 Å². The molecule has 1 saturated carbocycles. The van der Waals surface area contributed by atoms with Crippen LogP contribution in [0.15, 0.2) is 24.3 Å². The fourth-order valence-electron chi connectivity index (χ4n) is 2.79. The third kappa shape index (κ3) is 2.88. The van der Waals surface area contributed by atoms with Crippen LogP contribution in [-0.2, 0) is 13.0 Å². The molecule has 1 aliphatic rings. The number of nitrogens with zero attached hydrogens (tertiary/aromatic N) is 2. The third-order valence-corrected chi connectivity index (χ3v) is 4.13. The lowest BCUT2D eigenvalue weighted by atomic mass is 9.87. The number of fused-ring (bicyclic) bond motifs is 1. The first kappa shape index (κ1) is 13.6. The van der Waals surface area contributed by atoms with Gasteiger partial charge >= 0.3 is 0 Å². The minimum Gasteiger partial charge on any atom is -0.313 e. The summed E-state index contributed by atoms with van der Waals surface area (Å²) in [5.74, 6) is 0. The van der Waals surface area contributed by atoms with Crippen LogP contribution < -0.4 is 5.32 Å². The molecule has 0 amide bonds. The summed E-state index contributed by atoms with van der Waals surface area (Å²) in [5.41, 5.74) is 2.75. The molecular weight excluding hydrogens is 246 g/mol. The van der Waals surface area contributed by atoms with Crippen LogP contribution in [0.3, 0.4) is 0 Å². The summed E-state index contributed by atoms with van der Waals surface area (Å²) < 4.78 is 2.12. The van der Waals surface area contributed by atoms with Gasteiger partial charge in [0.05, 0.1) is 11.2 Å². The van der Waals surface area contributed by atoms with Crippen molar-refractivity contribution in [2.75, 3.05) is 6.54 Å². The molecule has 108 valence electrons. The minimum atomic E-state index is 0.248. The van der Waals surface area contributed by atoms with Crippen LogP contribution in [0, 0.1) is 5.41 Å². The average Bonchev–Trinajstić information content (AvgIpc) is 3.20. The van der Waals surface area contributed by atoms with Crippen LogP contribution in [-0.4, -0.2) is 22.4 Å². The van der Waals surface area contributed by atoms with Gasteiger partial charge in [0.1, 0.15) is 0 Å². The predicted molar refractivity (Wildman–Crippen MR) is 83.9 cm³/mol. The molecule has 3 rings (SSSR count). The maximum Gasteiger partial charge on any atom is 0.0709 e. The Morgan fingerprint density at radius 1 is 1.30 bits per heavy atom. The highest BCUT2D eigenvalue weighted by Crippen LogP contribution is 2.28. The van der Waals surface area contributed by atoms with Crippen molar-refractivity contribution in [3.8, 4) is 0 Å². The first-order chi connectivity index (χ1) is 9.59. The van der Waals surface area contributed by atoms with Crippen LogP contribution in [0.25, 0.3) is 10.9 Å². The summed E-state index contributed by atoms with van der Waals surface area (Å²) in [7, 11) is 0. The Morgan fingerprint density at radius 3 is 2.75 bits per heavy atom. The molecule has 0 radical (unpaired) electrons. The fourth-order valence-corrected chi connectivity index (χ4v) is 2.79.